The first kappa shape index (κ1) is 21.6. The smallest absolute Gasteiger partial charge is 0.267 e. The molecule has 31 heavy (non-hydrogen) atoms. The standard InChI is InChI=1S/C24H24N4O3/c1-31-20-12-10-18(11-13-20)17-21(28-23(29)19-7-3-2-4-8-19)24(30)27-16-15-26-22-9-5-6-14-25-22/h2-14,17H,15-16H2,1H3,(H,25,26)(H,27,30)(H,28,29). The number of carbonyl (C=O) groups excluding carboxylic acids is 2. The Balaban J connectivity index is 1.68. The average Bonchev–Trinajstić information content (AvgIpc) is 2.83. The first-order valence-electron chi connectivity index (χ1n) is 9.81. The van der Waals surface area contributed by atoms with Crippen molar-refractivity contribution in [3.05, 3.63) is 95.8 Å². The second-order valence-corrected chi connectivity index (χ2v) is 6.55. The van der Waals surface area contributed by atoms with Crippen molar-refractivity contribution in [2.24, 2.45) is 0 Å². The molecule has 1 heterocycles. The zero-order valence-electron chi connectivity index (χ0n) is 17.2. The van der Waals surface area contributed by atoms with Crippen molar-refractivity contribution in [2.45, 2.75) is 0 Å². The van der Waals surface area contributed by atoms with Gasteiger partial charge in [0.25, 0.3) is 11.8 Å². The van der Waals surface area contributed by atoms with Gasteiger partial charge in [0.15, 0.2) is 0 Å². The lowest BCUT2D eigenvalue weighted by Gasteiger charge is -2.12. The van der Waals surface area contributed by atoms with Gasteiger partial charge in [0.1, 0.15) is 17.3 Å². The molecule has 0 saturated carbocycles. The number of amides is 2. The molecule has 0 spiro atoms. The molecule has 0 aliphatic carbocycles. The number of hydrogen-bond donors (Lipinski definition) is 3. The molecule has 0 radical (unpaired) electrons. The summed E-state index contributed by atoms with van der Waals surface area (Å²) in [4.78, 5) is 29.6. The van der Waals surface area contributed by atoms with E-state index in [0.29, 0.717) is 24.4 Å². The van der Waals surface area contributed by atoms with Crippen molar-refractivity contribution in [1.82, 2.24) is 15.6 Å². The summed E-state index contributed by atoms with van der Waals surface area (Å²) >= 11 is 0. The summed E-state index contributed by atoms with van der Waals surface area (Å²) in [5, 5.41) is 8.65. The van der Waals surface area contributed by atoms with Crippen LogP contribution in [0.25, 0.3) is 6.08 Å². The Morgan fingerprint density at radius 1 is 0.935 bits per heavy atom. The van der Waals surface area contributed by atoms with Gasteiger partial charge in [0.05, 0.1) is 7.11 Å². The molecule has 3 N–H and O–H groups in total. The van der Waals surface area contributed by atoms with Crippen LogP contribution >= 0.6 is 0 Å². The van der Waals surface area contributed by atoms with Gasteiger partial charge in [-0.2, -0.15) is 0 Å². The largest absolute Gasteiger partial charge is 0.497 e. The van der Waals surface area contributed by atoms with Gasteiger partial charge < -0.3 is 20.7 Å². The molecule has 0 atom stereocenters. The molecule has 3 aromatic rings. The van der Waals surface area contributed by atoms with Crippen LogP contribution in [0.1, 0.15) is 15.9 Å². The number of nitrogens with one attached hydrogen (secondary N) is 3. The minimum atomic E-state index is -0.386. The summed E-state index contributed by atoms with van der Waals surface area (Å²) in [6, 6.07) is 21.5. The number of hydrogen-bond acceptors (Lipinski definition) is 5. The number of methoxy groups -OCH3 is 1. The molecular formula is C24H24N4O3. The number of nitrogens with zero attached hydrogens (tertiary/aromatic N) is 1. The third-order valence-electron chi connectivity index (χ3n) is 4.34. The monoisotopic (exact) mass is 416 g/mol. The van der Waals surface area contributed by atoms with E-state index in [9.17, 15) is 9.59 Å². The second kappa shape index (κ2) is 11.2. The van der Waals surface area contributed by atoms with Gasteiger partial charge in [-0.05, 0) is 48.0 Å². The van der Waals surface area contributed by atoms with Crippen molar-refractivity contribution in [2.75, 3.05) is 25.5 Å². The van der Waals surface area contributed by atoms with Crippen LogP contribution in [0.4, 0.5) is 5.82 Å². The Morgan fingerprint density at radius 3 is 2.35 bits per heavy atom. The molecule has 2 aromatic carbocycles. The van der Waals surface area contributed by atoms with Gasteiger partial charge in [0.2, 0.25) is 0 Å². The summed E-state index contributed by atoms with van der Waals surface area (Å²) in [5.74, 6) is 0.685. The van der Waals surface area contributed by atoms with Gasteiger partial charge in [-0.1, -0.05) is 36.4 Å². The highest BCUT2D eigenvalue weighted by atomic mass is 16.5. The minimum absolute atomic E-state index is 0.150. The van der Waals surface area contributed by atoms with E-state index in [1.807, 2.05) is 36.4 Å². The quantitative estimate of drug-likeness (QED) is 0.368. The number of aromatic nitrogens is 1. The first-order valence-corrected chi connectivity index (χ1v) is 9.81. The highest BCUT2D eigenvalue weighted by molar-refractivity contribution is 6.05. The highest BCUT2D eigenvalue weighted by Crippen LogP contribution is 2.14. The van der Waals surface area contributed by atoms with Crippen LogP contribution in [0.5, 0.6) is 5.75 Å². The number of anilines is 1. The van der Waals surface area contributed by atoms with Crippen molar-refractivity contribution in [3.8, 4) is 5.75 Å². The zero-order valence-corrected chi connectivity index (χ0v) is 17.2. The Morgan fingerprint density at radius 2 is 1.68 bits per heavy atom. The van der Waals surface area contributed by atoms with E-state index in [2.05, 4.69) is 20.9 Å². The van der Waals surface area contributed by atoms with Gasteiger partial charge >= 0.3 is 0 Å². The molecule has 0 unspecified atom stereocenters. The lowest BCUT2D eigenvalue weighted by molar-refractivity contribution is -0.117. The predicted molar refractivity (Wildman–Crippen MR) is 121 cm³/mol. The lowest BCUT2D eigenvalue weighted by atomic mass is 10.1. The van der Waals surface area contributed by atoms with Gasteiger partial charge in [0, 0.05) is 24.8 Å². The van der Waals surface area contributed by atoms with Crippen molar-refractivity contribution < 1.29 is 14.3 Å². The normalized spacial score (nSPS) is 10.8. The maximum atomic E-state index is 12.8. The minimum Gasteiger partial charge on any atom is -0.497 e. The molecule has 2 amide bonds. The topological polar surface area (TPSA) is 92.3 Å². The molecule has 7 heteroatoms. The summed E-state index contributed by atoms with van der Waals surface area (Å²) < 4.78 is 5.16. The summed E-state index contributed by atoms with van der Waals surface area (Å²) in [6.45, 7) is 0.849. The number of pyridine rings is 1. The third-order valence-corrected chi connectivity index (χ3v) is 4.34. The Labute approximate surface area is 181 Å². The average molecular weight is 416 g/mol. The van der Waals surface area contributed by atoms with E-state index >= 15 is 0 Å². The second-order valence-electron chi connectivity index (χ2n) is 6.55. The van der Waals surface area contributed by atoms with Gasteiger partial charge in [-0.15, -0.1) is 0 Å². The van der Waals surface area contributed by atoms with E-state index in [1.54, 1.807) is 55.8 Å². The molecule has 0 aliphatic heterocycles. The molecule has 3 rings (SSSR count). The predicted octanol–water partition coefficient (Wildman–Crippen LogP) is 3.09. The number of ether oxygens (including phenoxy) is 1. The van der Waals surface area contributed by atoms with Crippen LogP contribution in [0, 0.1) is 0 Å². The SMILES string of the molecule is COc1ccc(C=C(NC(=O)c2ccccc2)C(=O)NCCNc2ccccn2)cc1. The van der Waals surface area contributed by atoms with Crippen LogP contribution in [0.2, 0.25) is 0 Å². The van der Waals surface area contributed by atoms with Crippen LogP contribution in [-0.4, -0.2) is 37.0 Å². The fraction of sp³-hybridized carbons (Fsp3) is 0.125. The van der Waals surface area contributed by atoms with Crippen LogP contribution in [-0.2, 0) is 4.79 Å². The zero-order chi connectivity index (χ0) is 21.9. The van der Waals surface area contributed by atoms with Crippen LogP contribution < -0.4 is 20.7 Å². The maximum Gasteiger partial charge on any atom is 0.267 e. The van der Waals surface area contributed by atoms with E-state index in [-0.39, 0.29) is 17.5 Å². The van der Waals surface area contributed by atoms with Gasteiger partial charge in [-0.25, -0.2) is 4.98 Å². The summed E-state index contributed by atoms with van der Waals surface area (Å²) in [7, 11) is 1.59. The molecule has 0 fully saturated rings. The molecule has 158 valence electrons. The van der Waals surface area contributed by atoms with Crippen molar-refractivity contribution >= 4 is 23.7 Å². The van der Waals surface area contributed by atoms with Crippen LogP contribution in [0.15, 0.2) is 84.7 Å². The van der Waals surface area contributed by atoms with E-state index in [0.717, 1.165) is 11.4 Å². The number of carbonyl (C=O) groups is 2. The Hall–Kier alpha value is -4.13. The molecule has 0 saturated heterocycles. The molecule has 7 nitrogen and oxygen atoms in total. The van der Waals surface area contributed by atoms with E-state index in [1.165, 1.54) is 0 Å². The summed E-state index contributed by atoms with van der Waals surface area (Å²) in [6.07, 6.45) is 3.32. The summed E-state index contributed by atoms with van der Waals surface area (Å²) in [5.41, 5.74) is 1.37. The molecule has 0 bridgehead atoms. The van der Waals surface area contributed by atoms with Gasteiger partial charge in [-0.3, -0.25) is 9.59 Å². The fourth-order valence-electron chi connectivity index (χ4n) is 2.74. The maximum absolute atomic E-state index is 12.8. The fourth-order valence-corrected chi connectivity index (χ4v) is 2.74. The Kier molecular flexibility index (Phi) is 7.77. The van der Waals surface area contributed by atoms with E-state index in [4.69, 9.17) is 4.74 Å². The highest BCUT2D eigenvalue weighted by Gasteiger charge is 2.14. The number of benzene rings is 2. The van der Waals surface area contributed by atoms with Crippen molar-refractivity contribution in [1.29, 1.82) is 0 Å². The Bertz CT molecular complexity index is 1020. The first-order chi connectivity index (χ1) is 15.2. The van der Waals surface area contributed by atoms with E-state index < -0.39 is 0 Å². The van der Waals surface area contributed by atoms with Crippen molar-refractivity contribution in [3.63, 3.8) is 0 Å². The molecular weight excluding hydrogens is 392 g/mol. The third kappa shape index (κ3) is 6.71. The lowest BCUT2D eigenvalue weighted by Crippen LogP contribution is -2.36. The van der Waals surface area contributed by atoms with Crippen LogP contribution in [0.3, 0.4) is 0 Å². The molecule has 1 aromatic heterocycles. The molecule has 0 aliphatic rings. The number of rotatable bonds is 9.